The van der Waals surface area contributed by atoms with Gasteiger partial charge in [-0.1, -0.05) is 35.4 Å². The number of rotatable bonds is 4. The molecular weight excluding hydrogens is 283 g/mol. The smallest absolute Gasteiger partial charge is 0.244 e. The van der Waals surface area contributed by atoms with E-state index in [2.05, 4.69) is 11.3 Å². The lowest BCUT2D eigenvalue weighted by atomic mass is 10.3. The van der Waals surface area contributed by atoms with E-state index in [1.165, 1.54) is 12.1 Å². The van der Waals surface area contributed by atoms with Crippen LogP contribution in [0.4, 0.5) is 5.69 Å². The van der Waals surface area contributed by atoms with Crippen LogP contribution in [0.5, 0.6) is 0 Å². The molecule has 0 radical (unpaired) electrons. The summed E-state index contributed by atoms with van der Waals surface area (Å²) >= 11 is 11.5. The molecule has 0 heterocycles. The molecule has 0 amide bonds. The van der Waals surface area contributed by atoms with Crippen LogP contribution in [0.3, 0.4) is 0 Å². The molecule has 0 saturated heterocycles. The molecule has 1 aromatic carbocycles. The van der Waals surface area contributed by atoms with Crippen LogP contribution in [-0.4, -0.2) is 15.0 Å². The van der Waals surface area contributed by atoms with Crippen molar-refractivity contribution in [3.63, 3.8) is 0 Å². The molecule has 0 saturated carbocycles. The fraction of sp³-hybridized carbons (Fsp3) is 0.200. The summed E-state index contributed by atoms with van der Waals surface area (Å²) in [6.45, 7) is 5.43. The quantitative estimate of drug-likeness (QED) is 0.662. The average Bonchev–Trinajstić information content (AvgIpc) is 2.12. The van der Waals surface area contributed by atoms with E-state index < -0.39 is 10.0 Å². The molecule has 1 rings (SSSR count). The third-order valence-electron chi connectivity index (χ3n) is 1.87. The van der Waals surface area contributed by atoms with E-state index in [1.807, 2.05) is 0 Å². The molecule has 7 heteroatoms. The first-order valence-corrected chi connectivity index (χ1v) is 6.86. The number of nitrogens with one attached hydrogen (secondary N) is 1. The number of sulfonamides is 1. The highest BCUT2D eigenvalue weighted by molar-refractivity contribution is 7.89. The van der Waals surface area contributed by atoms with Gasteiger partial charge in [-0.25, -0.2) is 13.1 Å². The lowest BCUT2D eigenvalue weighted by molar-refractivity contribution is 0.585. The van der Waals surface area contributed by atoms with E-state index in [9.17, 15) is 8.42 Å². The second-order valence-electron chi connectivity index (χ2n) is 3.59. The zero-order valence-electron chi connectivity index (χ0n) is 9.13. The van der Waals surface area contributed by atoms with Crippen molar-refractivity contribution in [2.24, 2.45) is 0 Å². The topological polar surface area (TPSA) is 72.2 Å². The maximum atomic E-state index is 11.9. The van der Waals surface area contributed by atoms with Crippen LogP contribution >= 0.6 is 23.2 Å². The summed E-state index contributed by atoms with van der Waals surface area (Å²) in [5, 5.41) is 0.274. The van der Waals surface area contributed by atoms with Gasteiger partial charge in [0.05, 0.1) is 10.7 Å². The highest BCUT2D eigenvalue weighted by Crippen LogP contribution is 2.30. The number of nitrogen functional groups attached to an aromatic ring is 1. The number of benzene rings is 1. The van der Waals surface area contributed by atoms with Crippen molar-refractivity contribution in [2.45, 2.75) is 11.8 Å². The summed E-state index contributed by atoms with van der Waals surface area (Å²) in [4.78, 5) is -0.162. The van der Waals surface area contributed by atoms with Crippen molar-refractivity contribution in [3.8, 4) is 0 Å². The Bertz CT molecular complexity index is 532. The minimum Gasteiger partial charge on any atom is -0.398 e. The minimum absolute atomic E-state index is 0.00999. The van der Waals surface area contributed by atoms with E-state index in [-0.39, 0.29) is 27.2 Å². The highest BCUT2D eigenvalue weighted by Gasteiger charge is 2.21. The molecule has 0 fully saturated rings. The van der Waals surface area contributed by atoms with Crippen molar-refractivity contribution in [1.29, 1.82) is 0 Å². The molecule has 0 spiro atoms. The van der Waals surface area contributed by atoms with Crippen LogP contribution in [0, 0.1) is 0 Å². The Kier molecular flexibility index (Phi) is 4.43. The first-order valence-electron chi connectivity index (χ1n) is 4.62. The Labute approximate surface area is 110 Å². The molecule has 3 N–H and O–H groups in total. The monoisotopic (exact) mass is 294 g/mol. The Morgan fingerprint density at radius 3 is 2.53 bits per heavy atom. The molecular formula is C10H12Cl2N2O2S. The van der Waals surface area contributed by atoms with Gasteiger partial charge in [-0.15, -0.1) is 0 Å². The Morgan fingerprint density at radius 1 is 1.47 bits per heavy atom. The van der Waals surface area contributed by atoms with Crippen LogP contribution in [0.1, 0.15) is 6.92 Å². The minimum atomic E-state index is -3.76. The van der Waals surface area contributed by atoms with Gasteiger partial charge in [-0.05, 0) is 19.1 Å². The van der Waals surface area contributed by atoms with Crippen molar-refractivity contribution >= 4 is 38.9 Å². The largest absolute Gasteiger partial charge is 0.398 e. The zero-order chi connectivity index (χ0) is 13.2. The lowest BCUT2D eigenvalue weighted by Gasteiger charge is -2.11. The van der Waals surface area contributed by atoms with E-state index >= 15 is 0 Å². The van der Waals surface area contributed by atoms with Crippen molar-refractivity contribution in [3.05, 3.63) is 34.3 Å². The summed E-state index contributed by atoms with van der Waals surface area (Å²) in [5.41, 5.74) is 6.29. The van der Waals surface area contributed by atoms with Crippen LogP contribution in [0.15, 0.2) is 29.2 Å². The molecule has 0 bridgehead atoms. The van der Waals surface area contributed by atoms with Crippen LogP contribution in [0.2, 0.25) is 10.0 Å². The molecule has 1 aromatic rings. The van der Waals surface area contributed by atoms with Gasteiger partial charge in [0.15, 0.2) is 0 Å². The SMILES string of the molecule is C=C(C)CNS(=O)(=O)c1c(N)cc(Cl)cc1Cl. The Hall–Kier alpha value is -0.750. The molecule has 94 valence electrons. The normalized spacial score (nSPS) is 11.5. The van der Waals surface area contributed by atoms with E-state index in [0.29, 0.717) is 5.57 Å². The molecule has 0 unspecified atom stereocenters. The number of nitrogens with two attached hydrogens (primary N) is 1. The van der Waals surface area contributed by atoms with Crippen molar-refractivity contribution in [2.75, 3.05) is 12.3 Å². The first kappa shape index (κ1) is 14.3. The number of hydrogen-bond donors (Lipinski definition) is 2. The molecule has 0 aromatic heterocycles. The first-order chi connectivity index (χ1) is 7.74. The van der Waals surface area contributed by atoms with Gasteiger partial charge in [-0.3, -0.25) is 0 Å². The van der Waals surface area contributed by atoms with Gasteiger partial charge in [-0.2, -0.15) is 0 Å². The predicted molar refractivity (Wildman–Crippen MR) is 70.9 cm³/mol. The average molecular weight is 295 g/mol. The summed E-state index contributed by atoms with van der Waals surface area (Å²) < 4.78 is 26.2. The van der Waals surface area contributed by atoms with Gasteiger partial charge >= 0.3 is 0 Å². The maximum absolute atomic E-state index is 11.9. The Balaban J connectivity index is 3.20. The summed E-state index contributed by atoms with van der Waals surface area (Å²) in [6.07, 6.45) is 0. The van der Waals surface area contributed by atoms with Gasteiger partial charge < -0.3 is 5.73 Å². The van der Waals surface area contributed by atoms with Crippen molar-refractivity contribution in [1.82, 2.24) is 4.72 Å². The lowest BCUT2D eigenvalue weighted by Crippen LogP contribution is -2.26. The summed E-state index contributed by atoms with van der Waals surface area (Å²) in [5.74, 6) is 0. The standard InChI is InChI=1S/C10H12Cl2N2O2S/c1-6(2)5-14-17(15,16)10-8(12)3-7(11)4-9(10)13/h3-4,14H,1,5,13H2,2H3. The van der Waals surface area contributed by atoms with E-state index in [4.69, 9.17) is 28.9 Å². The molecule has 0 aliphatic heterocycles. The Morgan fingerprint density at radius 2 is 2.06 bits per heavy atom. The third-order valence-corrected chi connectivity index (χ3v) is 4.02. The van der Waals surface area contributed by atoms with E-state index in [0.717, 1.165) is 0 Å². The van der Waals surface area contributed by atoms with Crippen LogP contribution < -0.4 is 10.5 Å². The maximum Gasteiger partial charge on any atom is 0.244 e. The number of anilines is 1. The van der Waals surface area contributed by atoms with Crippen LogP contribution in [-0.2, 0) is 10.0 Å². The molecule has 4 nitrogen and oxygen atoms in total. The predicted octanol–water partition coefficient (Wildman–Crippen LogP) is 2.43. The van der Waals surface area contributed by atoms with Crippen molar-refractivity contribution < 1.29 is 8.42 Å². The van der Waals surface area contributed by atoms with Gasteiger partial charge in [0.2, 0.25) is 10.0 Å². The molecule has 0 atom stereocenters. The second kappa shape index (κ2) is 5.27. The van der Waals surface area contributed by atoms with E-state index in [1.54, 1.807) is 6.92 Å². The molecule has 0 aliphatic carbocycles. The number of halogens is 2. The molecule has 17 heavy (non-hydrogen) atoms. The fourth-order valence-electron chi connectivity index (χ4n) is 1.15. The second-order valence-corrected chi connectivity index (χ2v) is 6.14. The molecule has 0 aliphatic rings. The van der Waals surface area contributed by atoms with Gasteiger partial charge in [0.25, 0.3) is 0 Å². The third kappa shape index (κ3) is 3.61. The fourth-order valence-corrected chi connectivity index (χ4v) is 3.23. The van der Waals surface area contributed by atoms with Gasteiger partial charge in [0, 0.05) is 11.6 Å². The summed E-state index contributed by atoms with van der Waals surface area (Å²) in [6, 6.07) is 2.66. The van der Waals surface area contributed by atoms with Crippen LogP contribution in [0.25, 0.3) is 0 Å². The highest BCUT2D eigenvalue weighted by atomic mass is 35.5. The zero-order valence-corrected chi connectivity index (χ0v) is 11.5. The number of hydrogen-bond acceptors (Lipinski definition) is 3. The van der Waals surface area contributed by atoms with Gasteiger partial charge in [0.1, 0.15) is 4.90 Å². The summed E-state index contributed by atoms with van der Waals surface area (Å²) in [7, 11) is -3.76.